The molecule has 17 heavy (non-hydrogen) atoms. The van der Waals surface area contributed by atoms with Crippen LogP contribution in [0.15, 0.2) is 12.4 Å². The number of hydrogen-bond acceptors (Lipinski definition) is 3. The number of hydrogen-bond donors (Lipinski definition) is 2. The molecule has 1 aliphatic heterocycles. The van der Waals surface area contributed by atoms with Gasteiger partial charge in [0.2, 0.25) is 5.91 Å². The Hall–Kier alpha value is -1.36. The van der Waals surface area contributed by atoms with E-state index in [-0.39, 0.29) is 5.91 Å². The fraction of sp³-hybridized carbons (Fsp3) is 0.667. The summed E-state index contributed by atoms with van der Waals surface area (Å²) in [6.07, 6.45) is 6.44. The first-order chi connectivity index (χ1) is 8.24. The summed E-state index contributed by atoms with van der Waals surface area (Å²) in [7, 11) is 1.90. The molecule has 5 nitrogen and oxygen atoms in total. The molecular formula is C12H20N4O. The van der Waals surface area contributed by atoms with Crippen molar-refractivity contribution in [2.75, 3.05) is 19.6 Å². The van der Waals surface area contributed by atoms with Crippen molar-refractivity contribution in [1.82, 2.24) is 20.4 Å². The molecule has 1 fully saturated rings. The molecule has 0 spiro atoms. The van der Waals surface area contributed by atoms with E-state index in [1.54, 1.807) is 4.68 Å². The first-order valence-corrected chi connectivity index (χ1v) is 6.19. The average molecular weight is 236 g/mol. The van der Waals surface area contributed by atoms with E-state index in [2.05, 4.69) is 15.7 Å². The first kappa shape index (κ1) is 12.1. The monoisotopic (exact) mass is 236 g/mol. The Labute approximate surface area is 102 Å². The zero-order valence-electron chi connectivity index (χ0n) is 10.3. The molecule has 94 valence electrons. The van der Waals surface area contributed by atoms with Crippen LogP contribution in [0.1, 0.15) is 18.4 Å². The van der Waals surface area contributed by atoms with Gasteiger partial charge in [0, 0.05) is 26.2 Å². The summed E-state index contributed by atoms with van der Waals surface area (Å²) in [5.74, 6) is 0.691. The van der Waals surface area contributed by atoms with Gasteiger partial charge in [-0.05, 0) is 37.4 Å². The van der Waals surface area contributed by atoms with Crippen LogP contribution in [0, 0.1) is 5.92 Å². The van der Waals surface area contributed by atoms with Crippen LogP contribution in [0.5, 0.6) is 0 Å². The molecule has 1 saturated heterocycles. The Bertz CT molecular complexity index is 368. The normalized spacial score (nSPS) is 19.5. The van der Waals surface area contributed by atoms with Crippen molar-refractivity contribution in [2.45, 2.75) is 19.3 Å². The molecule has 0 bridgehead atoms. The lowest BCUT2D eigenvalue weighted by Gasteiger charge is -2.08. The summed E-state index contributed by atoms with van der Waals surface area (Å²) < 4.78 is 1.78. The predicted molar refractivity (Wildman–Crippen MR) is 65.5 cm³/mol. The third-order valence-corrected chi connectivity index (χ3v) is 3.13. The minimum atomic E-state index is 0.169. The van der Waals surface area contributed by atoms with Gasteiger partial charge in [0.15, 0.2) is 0 Å². The average Bonchev–Trinajstić information content (AvgIpc) is 2.90. The van der Waals surface area contributed by atoms with Crippen molar-refractivity contribution < 1.29 is 4.79 Å². The zero-order valence-corrected chi connectivity index (χ0v) is 10.3. The minimum Gasteiger partial charge on any atom is -0.356 e. The van der Waals surface area contributed by atoms with Crippen LogP contribution >= 0.6 is 0 Å². The standard InChI is InChI=1S/C12H20N4O/c1-16-9-11(8-15-16)3-5-14-12(17)6-10-2-4-13-7-10/h8-10,13H,2-7H2,1H3,(H,14,17). The quantitative estimate of drug-likeness (QED) is 0.761. The molecule has 0 aliphatic carbocycles. The molecule has 0 radical (unpaired) electrons. The van der Waals surface area contributed by atoms with Gasteiger partial charge < -0.3 is 10.6 Å². The van der Waals surface area contributed by atoms with Gasteiger partial charge in [-0.2, -0.15) is 5.10 Å². The summed E-state index contributed by atoms with van der Waals surface area (Å²) >= 11 is 0. The Morgan fingerprint density at radius 1 is 1.71 bits per heavy atom. The molecule has 2 rings (SSSR count). The lowest BCUT2D eigenvalue weighted by molar-refractivity contribution is -0.121. The van der Waals surface area contributed by atoms with Crippen LogP contribution in [0.4, 0.5) is 0 Å². The number of nitrogens with one attached hydrogen (secondary N) is 2. The molecule has 0 saturated carbocycles. The van der Waals surface area contributed by atoms with Gasteiger partial charge in [0.05, 0.1) is 6.20 Å². The second kappa shape index (κ2) is 5.82. The molecule has 1 aromatic rings. The van der Waals surface area contributed by atoms with Crippen LogP contribution in [0.25, 0.3) is 0 Å². The third-order valence-electron chi connectivity index (χ3n) is 3.13. The maximum Gasteiger partial charge on any atom is 0.220 e. The summed E-state index contributed by atoms with van der Waals surface area (Å²) in [5.41, 5.74) is 1.16. The van der Waals surface area contributed by atoms with E-state index >= 15 is 0 Å². The molecule has 2 heterocycles. The molecule has 1 aromatic heterocycles. The highest BCUT2D eigenvalue weighted by atomic mass is 16.1. The molecule has 2 N–H and O–H groups in total. The summed E-state index contributed by atoms with van der Waals surface area (Å²) in [4.78, 5) is 11.6. The van der Waals surface area contributed by atoms with Gasteiger partial charge in [0.25, 0.3) is 0 Å². The Balaban J connectivity index is 1.62. The maximum absolute atomic E-state index is 11.6. The molecule has 0 aromatic carbocycles. The van der Waals surface area contributed by atoms with Gasteiger partial charge in [-0.3, -0.25) is 9.48 Å². The minimum absolute atomic E-state index is 0.169. The molecule has 1 unspecified atom stereocenters. The van der Waals surface area contributed by atoms with E-state index in [1.807, 2.05) is 19.4 Å². The van der Waals surface area contributed by atoms with Crippen LogP contribution in [0.3, 0.4) is 0 Å². The number of rotatable bonds is 5. The summed E-state index contributed by atoms with van der Waals surface area (Å²) in [5, 5.41) is 10.3. The SMILES string of the molecule is Cn1cc(CCNC(=O)CC2CCNC2)cn1. The number of nitrogens with zero attached hydrogens (tertiary/aromatic N) is 2. The van der Waals surface area contributed by atoms with Crippen molar-refractivity contribution in [2.24, 2.45) is 13.0 Å². The fourth-order valence-electron chi connectivity index (χ4n) is 2.17. The van der Waals surface area contributed by atoms with Gasteiger partial charge >= 0.3 is 0 Å². The highest BCUT2D eigenvalue weighted by Crippen LogP contribution is 2.11. The number of aromatic nitrogens is 2. The third kappa shape index (κ3) is 3.85. The van der Waals surface area contributed by atoms with Gasteiger partial charge in [-0.15, -0.1) is 0 Å². The highest BCUT2D eigenvalue weighted by Gasteiger charge is 2.17. The smallest absolute Gasteiger partial charge is 0.220 e. The van der Waals surface area contributed by atoms with Crippen molar-refractivity contribution in [1.29, 1.82) is 0 Å². The lowest BCUT2D eigenvalue weighted by Crippen LogP contribution is -2.28. The number of carbonyl (C=O) groups is 1. The maximum atomic E-state index is 11.6. The van der Waals surface area contributed by atoms with Gasteiger partial charge in [-0.1, -0.05) is 0 Å². The second-order valence-electron chi connectivity index (χ2n) is 4.69. The largest absolute Gasteiger partial charge is 0.356 e. The Morgan fingerprint density at radius 2 is 2.59 bits per heavy atom. The Morgan fingerprint density at radius 3 is 3.24 bits per heavy atom. The molecule has 1 atom stereocenters. The van der Waals surface area contributed by atoms with E-state index < -0.39 is 0 Å². The fourth-order valence-corrected chi connectivity index (χ4v) is 2.17. The molecule has 5 heteroatoms. The van der Waals surface area contributed by atoms with Gasteiger partial charge in [0.1, 0.15) is 0 Å². The number of amides is 1. The van der Waals surface area contributed by atoms with E-state index in [4.69, 9.17) is 0 Å². The highest BCUT2D eigenvalue weighted by molar-refractivity contribution is 5.76. The van der Waals surface area contributed by atoms with Crippen molar-refractivity contribution >= 4 is 5.91 Å². The molecule has 1 amide bonds. The second-order valence-corrected chi connectivity index (χ2v) is 4.69. The van der Waals surface area contributed by atoms with Crippen LogP contribution < -0.4 is 10.6 Å². The summed E-state index contributed by atoms with van der Waals surface area (Å²) in [6, 6.07) is 0. The van der Waals surface area contributed by atoms with Crippen molar-refractivity contribution in [3.63, 3.8) is 0 Å². The topological polar surface area (TPSA) is 59.0 Å². The van der Waals surface area contributed by atoms with E-state index in [9.17, 15) is 4.79 Å². The molecule has 1 aliphatic rings. The van der Waals surface area contributed by atoms with Crippen molar-refractivity contribution in [3.8, 4) is 0 Å². The van der Waals surface area contributed by atoms with Crippen molar-refractivity contribution in [3.05, 3.63) is 18.0 Å². The summed E-state index contributed by atoms with van der Waals surface area (Å²) in [6.45, 7) is 2.73. The molecular weight excluding hydrogens is 216 g/mol. The van der Waals surface area contributed by atoms with Crippen LogP contribution in [0.2, 0.25) is 0 Å². The van der Waals surface area contributed by atoms with Crippen LogP contribution in [-0.4, -0.2) is 35.3 Å². The number of carbonyl (C=O) groups excluding carboxylic acids is 1. The van der Waals surface area contributed by atoms with Crippen LogP contribution in [-0.2, 0) is 18.3 Å². The van der Waals surface area contributed by atoms with E-state index in [0.717, 1.165) is 31.5 Å². The predicted octanol–water partition coefficient (Wildman–Crippen LogP) is 0.0784. The lowest BCUT2D eigenvalue weighted by atomic mass is 10.0. The first-order valence-electron chi connectivity index (χ1n) is 6.19. The van der Waals surface area contributed by atoms with Gasteiger partial charge in [-0.25, -0.2) is 0 Å². The van der Waals surface area contributed by atoms with E-state index in [0.29, 0.717) is 18.9 Å². The number of aryl methyl sites for hydroxylation is 1. The zero-order chi connectivity index (χ0) is 12.1. The Kier molecular flexibility index (Phi) is 4.14. The van der Waals surface area contributed by atoms with E-state index in [1.165, 1.54) is 0 Å².